The number of aliphatic hydroxyl groups is 3. The van der Waals surface area contributed by atoms with E-state index in [1.54, 1.807) is 0 Å². The summed E-state index contributed by atoms with van der Waals surface area (Å²) < 4.78 is 16.3. The van der Waals surface area contributed by atoms with Crippen LogP contribution in [0, 0.1) is 6.92 Å². The van der Waals surface area contributed by atoms with Crippen molar-refractivity contribution in [2.75, 3.05) is 0 Å². The molecule has 0 radical (unpaired) electrons. The Bertz CT molecular complexity index is 1380. The number of rotatable bonds is 20. The molecule has 0 amide bonds. The predicted molar refractivity (Wildman–Crippen MR) is 177 cm³/mol. The van der Waals surface area contributed by atoms with E-state index in [0.29, 0.717) is 12.0 Å². The topological polar surface area (TPSA) is 221 Å². The summed E-state index contributed by atoms with van der Waals surface area (Å²) in [6.07, 6.45) is 5.95. The molecule has 0 spiro atoms. The standard InChI is InChI=1S/C36H50O13/c1-3-4-5-6-7-8-9-10-11-12-13-14-15-16-22-18-24(37)28(35(46)47-23-17-21(2)27(33(42)43)25(38)20-23)26(19-22)48-36-31(41)29(39)30(40)32(49-36)34(44)45/h17-20,29-32,36-41H,3-16H2,1-2H3,(H,42,43)(H,44,45). The van der Waals surface area contributed by atoms with Crippen molar-refractivity contribution in [1.82, 2.24) is 0 Å². The van der Waals surface area contributed by atoms with E-state index in [1.165, 1.54) is 82.9 Å². The van der Waals surface area contributed by atoms with Crippen LogP contribution in [0.2, 0.25) is 0 Å². The fourth-order valence-electron chi connectivity index (χ4n) is 5.95. The van der Waals surface area contributed by atoms with Gasteiger partial charge in [0, 0.05) is 6.07 Å². The fourth-order valence-corrected chi connectivity index (χ4v) is 5.95. The van der Waals surface area contributed by atoms with E-state index in [4.69, 9.17) is 14.2 Å². The van der Waals surface area contributed by atoms with E-state index in [2.05, 4.69) is 6.92 Å². The first-order valence-electron chi connectivity index (χ1n) is 17.1. The molecule has 49 heavy (non-hydrogen) atoms. The molecule has 0 saturated carbocycles. The van der Waals surface area contributed by atoms with Crippen LogP contribution in [-0.4, -0.2) is 84.4 Å². The van der Waals surface area contributed by atoms with Crippen LogP contribution in [0.1, 0.15) is 122 Å². The maximum absolute atomic E-state index is 13.4. The van der Waals surface area contributed by atoms with Crippen LogP contribution in [0.15, 0.2) is 24.3 Å². The number of carbonyl (C=O) groups excluding carboxylic acids is 1. The average Bonchev–Trinajstić information content (AvgIpc) is 3.02. The highest BCUT2D eigenvalue weighted by Gasteiger charge is 2.48. The van der Waals surface area contributed by atoms with E-state index in [0.717, 1.165) is 31.7 Å². The van der Waals surface area contributed by atoms with Gasteiger partial charge < -0.3 is 50.0 Å². The molecule has 1 heterocycles. The van der Waals surface area contributed by atoms with Gasteiger partial charge in [0.1, 0.15) is 52.4 Å². The lowest BCUT2D eigenvalue weighted by atomic mass is 9.98. The number of carbonyl (C=O) groups is 3. The van der Waals surface area contributed by atoms with Gasteiger partial charge in [-0.2, -0.15) is 0 Å². The molecular weight excluding hydrogens is 640 g/mol. The van der Waals surface area contributed by atoms with Gasteiger partial charge in [-0.1, -0.05) is 84.0 Å². The maximum atomic E-state index is 13.4. The molecule has 2 aromatic rings. The quantitative estimate of drug-likeness (QED) is 0.0538. The van der Waals surface area contributed by atoms with Gasteiger partial charge in [-0.3, -0.25) is 0 Å². The number of carboxylic acid groups (broad SMARTS) is 2. The lowest BCUT2D eigenvalue weighted by Crippen LogP contribution is -2.61. The van der Waals surface area contributed by atoms with E-state index >= 15 is 0 Å². The van der Waals surface area contributed by atoms with Crippen LogP contribution < -0.4 is 9.47 Å². The molecule has 13 heteroatoms. The summed E-state index contributed by atoms with van der Waals surface area (Å²) in [6, 6.07) is 4.86. The van der Waals surface area contributed by atoms with Gasteiger partial charge in [0.15, 0.2) is 6.10 Å². The van der Waals surface area contributed by atoms with Crippen LogP contribution in [0.4, 0.5) is 0 Å². The average molecular weight is 691 g/mol. The molecule has 0 aromatic heterocycles. The third kappa shape index (κ3) is 11.3. The molecule has 3 rings (SSSR count). The van der Waals surface area contributed by atoms with Gasteiger partial charge in [-0.25, -0.2) is 14.4 Å². The summed E-state index contributed by atoms with van der Waals surface area (Å²) in [4.78, 5) is 36.4. The largest absolute Gasteiger partial charge is 0.507 e. The smallest absolute Gasteiger partial charge is 0.351 e. The van der Waals surface area contributed by atoms with E-state index < -0.39 is 65.7 Å². The monoisotopic (exact) mass is 690 g/mol. The van der Waals surface area contributed by atoms with Gasteiger partial charge in [0.25, 0.3) is 0 Å². The van der Waals surface area contributed by atoms with Crippen molar-refractivity contribution in [3.8, 4) is 23.0 Å². The number of unbranched alkanes of at least 4 members (excludes halogenated alkanes) is 12. The SMILES string of the molecule is CCCCCCCCCCCCCCCc1cc(O)c(C(=O)Oc2cc(C)c(C(=O)O)c(O)c2)c(OC2OC(C(=O)O)C(O)C(O)C2O)c1. The van der Waals surface area contributed by atoms with Gasteiger partial charge in [0.05, 0.1) is 0 Å². The van der Waals surface area contributed by atoms with Gasteiger partial charge >= 0.3 is 17.9 Å². The maximum Gasteiger partial charge on any atom is 0.351 e. The second-order valence-corrected chi connectivity index (χ2v) is 12.7. The van der Waals surface area contributed by atoms with E-state index in [-0.39, 0.29) is 22.6 Å². The Labute approximate surface area is 286 Å². The van der Waals surface area contributed by atoms with Gasteiger partial charge in [-0.15, -0.1) is 0 Å². The number of aryl methyl sites for hydroxylation is 2. The zero-order chi connectivity index (χ0) is 36.1. The number of esters is 1. The number of benzene rings is 2. The molecule has 0 bridgehead atoms. The Kier molecular flexibility index (Phi) is 15.6. The molecule has 0 aliphatic carbocycles. The molecular formula is C36H50O13. The van der Waals surface area contributed by atoms with E-state index in [1.807, 2.05) is 0 Å². The summed E-state index contributed by atoms with van der Waals surface area (Å²) in [5.74, 6) is -6.06. The van der Waals surface area contributed by atoms with Crippen molar-refractivity contribution in [1.29, 1.82) is 0 Å². The number of aliphatic hydroxyl groups excluding tert-OH is 3. The number of carboxylic acids is 2. The van der Waals surface area contributed by atoms with Gasteiger partial charge in [0.2, 0.25) is 6.29 Å². The van der Waals surface area contributed by atoms with Crippen molar-refractivity contribution in [2.24, 2.45) is 0 Å². The Hall–Kier alpha value is -3.91. The highest BCUT2D eigenvalue weighted by Crippen LogP contribution is 2.36. The van der Waals surface area contributed by atoms with Crippen molar-refractivity contribution in [3.05, 3.63) is 46.5 Å². The minimum absolute atomic E-state index is 0.0927. The molecule has 1 fully saturated rings. The summed E-state index contributed by atoms with van der Waals surface area (Å²) in [5.41, 5.74) is -0.291. The molecule has 5 unspecified atom stereocenters. The summed E-state index contributed by atoms with van der Waals surface area (Å²) in [6.45, 7) is 3.60. The molecule has 1 aliphatic heterocycles. The molecule has 1 aliphatic rings. The van der Waals surface area contributed by atoms with Crippen LogP contribution >= 0.6 is 0 Å². The fraction of sp³-hybridized carbons (Fsp3) is 0.583. The first kappa shape index (κ1) is 39.5. The third-order valence-corrected chi connectivity index (χ3v) is 8.68. The zero-order valence-electron chi connectivity index (χ0n) is 28.2. The molecule has 272 valence electrons. The second-order valence-electron chi connectivity index (χ2n) is 12.7. The first-order valence-corrected chi connectivity index (χ1v) is 17.1. The highest BCUT2D eigenvalue weighted by molar-refractivity contribution is 5.97. The lowest BCUT2D eigenvalue weighted by molar-refractivity contribution is -0.271. The summed E-state index contributed by atoms with van der Waals surface area (Å²) >= 11 is 0. The van der Waals surface area contributed by atoms with Crippen molar-refractivity contribution in [3.63, 3.8) is 0 Å². The number of phenols is 2. The molecule has 13 nitrogen and oxygen atoms in total. The normalized spacial score (nSPS) is 20.6. The number of hydrogen-bond donors (Lipinski definition) is 7. The van der Waals surface area contributed by atoms with Crippen LogP contribution in [0.25, 0.3) is 0 Å². The number of aliphatic carboxylic acids is 1. The molecule has 1 saturated heterocycles. The molecule has 2 aromatic carbocycles. The lowest BCUT2D eigenvalue weighted by Gasteiger charge is -2.38. The highest BCUT2D eigenvalue weighted by atomic mass is 16.7. The second kappa shape index (κ2) is 19.3. The van der Waals surface area contributed by atoms with Crippen LogP contribution in [0.3, 0.4) is 0 Å². The van der Waals surface area contributed by atoms with Crippen molar-refractivity contribution in [2.45, 2.75) is 134 Å². The zero-order valence-corrected chi connectivity index (χ0v) is 28.2. The predicted octanol–water partition coefficient (Wildman–Crippen LogP) is 5.23. The molecule has 7 N–H and O–H groups in total. The Morgan fingerprint density at radius 2 is 1.27 bits per heavy atom. The summed E-state index contributed by atoms with van der Waals surface area (Å²) in [7, 11) is 0. The van der Waals surface area contributed by atoms with Crippen LogP contribution in [-0.2, 0) is 16.0 Å². The minimum atomic E-state index is -1.98. The third-order valence-electron chi connectivity index (χ3n) is 8.68. The van der Waals surface area contributed by atoms with Crippen LogP contribution in [0.5, 0.6) is 23.0 Å². The number of hydrogen-bond acceptors (Lipinski definition) is 11. The molecule has 5 atom stereocenters. The number of phenolic OH excluding ortho intramolecular Hbond substituents is 1. The summed E-state index contributed by atoms with van der Waals surface area (Å²) in [5, 5.41) is 70.8. The Morgan fingerprint density at radius 1 is 0.714 bits per heavy atom. The Morgan fingerprint density at radius 3 is 1.80 bits per heavy atom. The number of aromatic carboxylic acids is 1. The van der Waals surface area contributed by atoms with Crippen molar-refractivity contribution >= 4 is 17.9 Å². The van der Waals surface area contributed by atoms with E-state index in [9.17, 15) is 50.1 Å². The first-order chi connectivity index (χ1) is 23.3. The number of ether oxygens (including phenoxy) is 3. The van der Waals surface area contributed by atoms with Gasteiger partial charge in [-0.05, 0) is 49.1 Å². The number of aromatic hydroxyl groups is 2. The minimum Gasteiger partial charge on any atom is -0.507 e. The van der Waals surface area contributed by atoms with Crippen molar-refractivity contribution < 1.29 is 64.3 Å². The Balaban J connectivity index is 1.72.